The molecule has 3 aromatic carbocycles. The lowest BCUT2D eigenvalue weighted by Crippen LogP contribution is -1.94. The third-order valence-electron chi connectivity index (χ3n) is 8.44. The van der Waals surface area contributed by atoms with Gasteiger partial charge in [0.25, 0.3) is 0 Å². The molecule has 6 aromatic heterocycles. The number of hydrogen-bond donors (Lipinski definition) is 0. The Labute approximate surface area is 264 Å². The Balaban J connectivity index is 1.19. The van der Waals surface area contributed by atoms with Crippen LogP contribution in [0.4, 0.5) is 0 Å². The van der Waals surface area contributed by atoms with Gasteiger partial charge >= 0.3 is 0 Å². The fourth-order valence-corrected chi connectivity index (χ4v) is 6.28. The molecule has 0 atom stereocenters. The van der Waals surface area contributed by atoms with Crippen LogP contribution in [0.3, 0.4) is 0 Å². The average molecular weight is 589 g/mol. The van der Waals surface area contributed by atoms with Gasteiger partial charge < -0.3 is 0 Å². The van der Waals surface area contributed by atoms with E-state index in [2.05, 4.69) is 93.8 Å². The summed E-state index contributed by atoms with van der Waals surface area (Å²) in [6.07, 6.45) is 7.28. The first-order valence-corrected chi connectivity index (χ1v) is 15.1. The summed E-state index contributed by atoms with van der Waals surface area (Å²) in [4.78, 5) is 28.7. The second-order valence-electron chi connectivity index (χ2n) is 11.2. The van der Waals surface area contributed by atoms with Gasteiger partial charge in [-0.1, -0.05) is 78.9 Å². The van der Waals surface area contributed by atoms with Crippen molar-refractivity contribution in [3.63, 3.8) is 0 Å². The minimum atomic E-state index is 0.799. The fourth-order valence-electron chi connectivity index (χ4n) is 6.28. The quantitative estimate of drug-likeness (QED) is 0.191. The maximum Gasteiger partial charge on any atom is 0.0972 e. The smallest absolute Gasteiger partial charge is 0.0972 e. The molecule has 0 N–H and O–H groups in total. The van der Waals surface area contributed by atoms with E-state index in [-0.39, 0.29) is 0 Å². The number of aromatic nitrogens is 6. The van der Waals surface area contributed by atoms with Gasteiger partial charge in [0, 0.05) is 45.7 Å². The monoisotopic (exact) mass is 588 g/mol. The molecule has 0 saturated carbocycles. The lowest BCUT2D eigenvalue weighted by molar-refractivity contribution is 1.22. The van der Waals surface area contributed by atoms with Crippen molar-refractivity contribution in [3.05, 3.63) is 146 Å². The van der Waals surface area contributed by atoms with Gasteiger partial charge in [0.15, 0.2) is 0 Å². The van der Waals surface area contributed by atoms with Crippen molar-refractivity contribution in [3.8, 4) is 45.2 Å². The van der Waals surface area contributed by atoms with Crippen LogP contribution in [0.25, 0.3) is 88.6 Å². The molecule has 46 heavy (non-hydrogen) atoms. The van der Waals surface area contributed by atoms with Crippen molar-refractivity contribution in [2.24, 2.45) is 0 Å². The Morgan fingerprint density at radius 3 is 1.78 bits per heavy atom. The molecule has 0 aliphatic heterocycles. The van der Waals surface area contributed by atoms with Gasteiger partial charge in [0.1, 0.15) is 0 Å². The predicted molar refractivity (Wildman–Crippen MR) is 185 cm³/mol. The zero-order chi connectivity index (χ0) is 30.5. The molecule has 6 heteroatoms. The van der Waals surface area contributed by atoms with Gasteiger partial charge in [-0.2, -0.15) is 0 Å². The number of hydrogen-bond acceptors (Lipinski definition) is 6. The van der Waals surface area contributed by atoms with Crippen LogP contribution in [-0.2, 0) is 0 Å². The molecule has 6 nitrogen and oxygen atoms in total. The van der Waals surface area contributed by atoms with Crippen molar-refractivity contribution in [2.45, 2.75) is 0 Å². The van der Waals surface area contributed by atoms with E-state index in [1.165, 1.54) is 0 Å². The van der Waals surface area contributed by atoms with E-state index in [0.717, 1.165) is 88.6 Å². The third kappa shape index (κ3) is 4.35. The first kappa shape index (κ1) is 26.0. The van der Waals surface area contributed by atoms with Gasteiger partial charge in [-0.3, -0.25) is 19.9 Å². The summed E-state index contributed by atoms with van der Waals surface area (Å²) in [6.45, 7) is 0. The maximum atomic E-state index is 5.20. The highest BCUT2D eigenvalue weighted by Gasteiger charge is 2.16. The Hall–Kier alpha value is -6.40. The molecule has 6 heterocycles. The molecule has 214 valence electrons. The maximum absolute atomic E-state index is 5.20. The third-order valence-corrected chi connectivity index (χ3v) is 8.44. The van der Waals surface area contributed by atoms with Crippen LogP contribution in [0.15, 0.2) is 146 Å². The van der Waals surface area contributed by atoms with Crippen LogP contribution in [0.2, 0.25) is 0 Å². The summed E-state index contributed by atoms with van der Waals surface area (Å²) in [5, 5.41) is 5.46. The molecule has 9 aromatic rings. The van der Waals surface area contributed by atoms with Crippen LogP contribution < -0.4 is 0 Å². The Bertz CT molecular complexity index is 2510. The molecule has 0 unspecified atom stereocenters. The van der Waals surface area contributed by atoms with Crippen LogP contribution in [0.1, 0.15) is 0 Å². The van der Waals surface area contributed by atoms with E-state index in [1.54, 1.807) is 12.4 Å². The molecule has 0 amide bonds. The van der Waals surface area contributed by atoms with E-state index in [1.807, 2.05) is 54.9 Å². The minimum Gasteiger partial charge on any atom is -0.255 e. The fraction of sp³-hybridized carbons (Fsp3) is 0. The molecule has 0 spiro atoms. The summed E-state index contributed by atoms with van der Waals surface area (Å²) in [7, 11) is 0. The van der Waals surface area contributed by atoms with Gasteiger partial charge in [-0.05, 0) is 59.0 Å². The molecule has 0 fully saturated rings. The molecular weight excluding hydrogens is 564 g/mol. The van der Waals surface area contributed by atoms with Crippen LogP contribution >= 0.6 is 0 Å². The van der Waals surface area contributed by atoms with Crippen molar-refractivity contribution < 1.29 is 0 Å². The number of nitrogens with zero attached hydrogens (tertiary/aromatic N) is 6. The van der Waals surface area contributed by atoms with E-state index in [9.17, 15) is 0 Å². The molecule has 0 aliphatic carbocycles. The van der Waals surface area contributed by atoms with Crippen LogP contribution in [0, 0.1) is 0 Å². The second kappa shape index (κ2) is 10.6. The van der Waals surface area contributed by atoms with Crippen LogP contribution in [-0.4, -0.2) is 29.9 Å². The SMILES string of the molecule is c1ccc(-c2cc(-c3ccc(-c4nc5cnc6c(ccc7cccnc76)c5c5ccccc45)cc3)cc(-c3ccccn3)n2)nc1. The minimum absolute atomic E-state index is 0.799. The Morgan fingerprint density at radius 1 is 0.391 bits per heavy atom. The predicted octanol–water partition coefficient (Wildman–Crippen LogP) is 9.34. The highest BCUT2D eigenvalue weighted by molar-refractivity contribution is 6.23. The van der Waals surface area contributed by atoms with Crippen molar-refractivity contribution in [2.75, 3.05) is 0 Å². The lowest BCUT2D eigenvalue weighted by Gasteiger charge is -2.13. The largest absolute Gasteiger partial charge is 0.255 e. The summed E-state index contributed by atoms with van der Waals surface area (Å²) < 4.78 is 0. The van der Waals surface area contributed by atoms with E-state index >= 15 is 0 Å². The highest BCUT2D eigenvalue weighted by Crippen LogP contribution is 2.38. The van der Waals surface area contributed by atoms with Crippen LogP contribution in [0.5, 0.6) is 0 Å². The van der Waals surface area contributed by atoms with Gasteiger partial charge in [0.05, 0.1) is 51.2 Å². The topological polar surface area (TPSA) is 77.3 Å². The standard InChI is InChI=1S/C40H24N6/c1-2-10-30-29(9-1)37-31-18-17-26-8-7-21-43-39(26)40(31)44-24-36(37)46-38(30)27-15-13-25(14-16-27)28-22-34(32-11-3-5-19-41-32)45-35(23-28)33-12-4-6-20-42-33/h1-24H. The first-order chi connectivity index (χ1) is 22.8. The summed E-state index contributed by atoms with van der Waals surface area (Å²) >= 11 is 0. The van der Waals surface area contributed by atoms with Gasteiger partial charge in [-0.25, -0.2) is 9.97 Å². The zero-order valence-electron chi connectivity index (χ0n) is 24.5. The second-order valence-corrected chi connectivity index (χ2v) is 11.2. The van der Waals surface area contributed by atoms with Crippen molar-refractivity contribution in [1.29, 1.82) is 0 Å². The van der Waals surface area contributed by atoms with Crippen molar-refractivity contribution in [1.82, 2.24) is 29.9 Å². The number of pyridine rings is 6. The van der Waals surface area contributed by atoms with E-state index < -0.39 is 0 Å². The molecule has 0 saturated heterocycles. The van der Waals surface area contributed by atoms with Gasteiger partial charge in [0.2, 0.25) is 0 Å². The average Bonchev–Trinajstić information content (AvgIpc) is 3.14. The first-order valence-electron chi connectivity index (χ1n) is 15.1. The van der Waals surface area contributed by atoms with E-state index in [0.29, 0.717) is 0 Å². The molecule has 0 aliphatic rings. The zero-order valence-corrected chi connectivity index (χ0v) is 24.5. The normalized spacial score (nSPS) is 11.5. The molecule has 9 rings (SSSR count). The Kier molecular flexibility index (Phi) is 6.03. The summed E-state index contributed by atoms with van der Waals surface area (Å²) in [5.74, 6) is 0. The molecule has 0 bridgehead atoms. The van der Waals surface area contributed by atoms with E-state index in [4.69, 9.17) is 15.0 Å². The van der Waals surface area contributed by atoms with Crippen molar-refractivity contribution >= 4 is 43.5 Å². The highest BCUT2D eigenvalue weighted by atomic mass is 14.8. The number of fused-ring (bicyclic) bond motifs is 7. The number of rotatable bonds is 4. The van der Waals surface area contributed by atoms with Gasteiger partial charge in [-0.15, -0.1) is 0 Å². The Morgan fingerprint density at radius 2 is 1.07 bits per heavy atom. The summed E-state index contributed by atoms with van der Waals surface area (Å²) in [6, 6.07) is 41.2. The number of benzene rings is 3. The molecular formula is C40H24N6. The lowest BCUT2D eigenvalue weighted by atomic mass is 9.96. The molecule has 0 radical (unpaired) electrons. The summed E-state index contributed by atoms with van der Waals surface area (Å²) in [5.41, 5.74) is 9.94.